The van der Waals surface area contributed by atoms with E-state index in [0.29, 0.717) is 23.1 Å². The number of aliphatic carboxylic acids is 1. The molecule has 106 valence electrons. The highest BCUT2D eigenvalue weighted by molar-refractivity contribution is 5.69. The van der Waals surface area contributed by atoms with E-state index < -0.39 is 5.97 Å². The van der Waals surface area contributed by atoms with Crippen LogP contribution in [0.15, 0.2) is 35.1 Å². The van der Waals surface area contributed by atoms with Crippen molar-refractivity contribution in [1.82, 2.24) is 30.1 Å². The highest BCUT2D eigenvalue weighted by Gasteiger charge is 2.11. The van der Waals surface area contributed by atoms with Crippen LogP contribution in [0.3, 0.4) is 0 Å². The van der Waals surface area contributed by atoms with E-state index in [9.17, 15) is 4.79 Å². The second-order valence-corrected chi connectivity index (χ2v) is 4.20. The van der Waals surface area contributed by atoms with Crippen molar-refractivity contribution in [2.24, 2.45) is 0 Å². The van der Waals surface area contributed by atoms with Gasteiger partial charge >= 0.3 is 5.97 Å². The minimum atomic E-state index is -0.961. The van der Waals surface area contributed by atoms with Crippen molar-refractivity contribution in [3.05, 3.63) is 42.2 Å². The van der Waals surface area contributed by atoms with Gasteiger partial charge in [-0.3, -0.25) is 9.78 Å². The summed E-state index contributed by atoms with van der Waals surface area (Å²) >= 11 is 0. The summed E-state index contributed by atoms with van der Waals surface area (Å²) in [7, 11) is 0. The lowest BCUT2D eigenvalue weighted by Crippen LogP contribution is -2.01. The third kappa shape index (κ3) is 3.08. The van der Waals surface area contributed by atoms with Crippen LogP contribution in [0.2, 0.25) is 0 Å². The molecule has 0 aliphatic rings. The Labute approximate surface area is 118 Å². The molecule has 0 saturated carbocycles. The number of carboxylic acid groups (broad SMARTS) is 1. The molecule has 21 heavy (non-hydrogen) atoms. The third-order valence-corrected chi connectivity index (χ3v) is 2.58. The summed E-state index contributed by atoms with van der Waals surface area (Å²) in [5.74, 6) is -0.240. The topological polar surface area (TPSA) is 120 Å². The molecule has 0 saturated heterocycles. The largest absolute Gasteiger partial charge is 0.481 e. The smallest absolute Gasteiger partial charge is 0.309 e. The molecule has 1 N–H and O–H groups in total. The van der Waals surface area contributed by atoms with Crippen LogP contribution in [0.25, 0.3) is 11.5 Å². The van der Waals surface area contributed by atoms with Crippen LogP contribution in [0, 0.1) is 0 Å². The van der Waals surface area contributed by atoms with Crippen molar-refractivity contribution in [2.45, 2.75) is 13.0 Å². The average molecular weight is 286 g/mol. The summed E-state index contributed by atoms with van der Waals surface area (Å²) in [4.78, 5) is 18.9. The van der Waals surface area contributed by atoms with Crippen LogP contribution in [-0.4, -0.2) is 41.2 Å². The molecular weight excluding hydrogens is 276 g/mol. The Morgan fingerprint density at radius 3 is 3.05 bits per heavy atom. The minimum absolute atomic E-state index is 0.178. The first-order valence-electron chi connectivity index (χ1n) is 6.05. The fourth-order valence-electron chi connectivity index (χ4n) is 1.71. The molecule has 3 rings (SSSR count). The number of aromatic nitrogens is 6. The Morgan fingerprint density at radius 1 is 1.38 bits per heavy atom. The van der Waals surface area contributed by atoms with E-state index in [1.165, 1.54) is 10.9 Å². The fraction of sp³-hybridized carbons (Fsp3) is 0.167. The molecule has 0 fully saturated rings. The molecule has 0 aliphatic heterocycles. The standard InChI is InChI=1S/C12H10N6O3/c19-11(20)5-8-6-18(17-15-8)7-10-14-12(16-21-10)9-3-1-2-4-13-9/h1-4,6H,5,7H2,(H,19,20). The maximum atomic E-state index is 10.6. The molecule has 0 unspecified atom stereocenters. The van der Waals surface area contributed by atoms with Gasteiger partial charge in [0.1, 0.15) is 12.2 Å². The number of nitrogens with zero attached hydrogens (tertiary/aromatic N) is 6. The predicted molar refractivity (Wildman–Crippen MR) is 68.0 cm³/mol. The first-order valence-corrected chi connectivity index (χ1v) is 6.05. The minimum Gasteiger partial charge on any atom is -0.481 e. The van der Waals surface area contributed by atoms with Crippen LogP contribution in [0.4, 0.5) is 0 Å². The van der Waals surface area contributed by atoms with Gasteiger partial charge in [-0.25, -0.2) is 4.68 Å². The number of carboxylic acids is 1. The predicted octanol–water partition coefficient (Wildman–Crippen LogP) is 0.398. The van der Waals surface area contributed by atoms with E-state index in [1.807, 2.05) is 6.07 Å². The van der Waals surface area contributed by atoms with Crippen molar-refractivity contribution in [2.75, 3.05) is 0 Å². The molecule has 9 nitrogen and oxygen atoms in total. The number of pyridine rings is 1. The molecular formula is C12H10N6O3. The Hall–Kier alpha value is -3.10. The third-order valence-electron chi connectivity index (χ3n) is 2.58. The molecule has 0 amide bonds. The van der Waals surface area contributed by atoms with Gasteiger partial charge in [-0.05, 0) is 12.1 Å². The summed E-state index contributed by atoms with van der Waals surface area (Å²) in [5, 5.41) is 20.1. The molecule has 0 aromatic carbocycles. The molecule has 3 heterocycles. The highest BCUT2D eigenvalue weighted by atomic mass is 16.5. The van der Waals surface area contributed by atoms with Gasteiger partial charge in [-0.1, -0.05) is 16.4 Å². The van der Waals surface area contributed by atoms with E-state index in [-0.39, 0.29) is 13.0 Å². The molecule has 9 heteroatoms. The van der Waals surface area contributed by atoms with Crippen LogP contribution in [-0.2, 0) is 17.8 Å². The number of rotatable bonds is 5. The second kappa shape index (κ2) is 5.49. The molecule has 0 spiro atoms. The highest BCUT2D eigenvalue weighted by Crippen LogP contribution is 2.12. The van der Waals surface area contributed by atoms with Crippen molar-refractivity contribution >= 4 is 5.97 Å². The van der Waals surface area contributed by atoms with Crippen molar-refractivity contribution in [1.29, 1.82) is 0 Å². The zero-order valence-electron chi connectivity index (χ0n) is 10.7. The lowest BCUT2D eigenvalue weighted by Gasteiger charge is -1.92. The van der Waals surface area contributed by atoms with Crippen molar-refractivity contribution < 1.29 is 14.4 Å². The van der Waals surface area contributed by atoms with E-state index in [0.717, 1.165) is 0 Å². The van der Waals surface area contributed by atoms with E-state index in [2.05, 4.69) is 25.4 Å². The van der Waals surface area contributed by atoms with Crippen molar-refractivity contribution in [3.8, 4) is 11.5 Å². The quantitative estimate of drug-likeness (QED) is 0.715. The summed E-state index contributed by atoms with van der Waals surface area (Å²) in [5.41, 5.74) is 0.977. The zero-order valence-corrected chi connectivity index (χ0v) is 10.7. The summed E-state index contributed by atoms with van der Waals surface area (Å²) in [6.45, 7) is 0.215. The van der Waals surface area contributed by atoms with E-state index in [4.69, 9.17) is 9.63 Å². The van der Waals surface area contributed by atoms with Crippen LogP contribution in [0.1, 0.15) is 11.6 Å². The lowest BCUT2D eigenvalue weighted by molar-refractivity contribution is -0.136. The monoisotopic (exact) mass is 286 g/mol. The summed E-state index contributed by atoms with van der Waals surface area (Å²) in [6, 6.07) is 5.40. The van der Waals surface area contributed by atoms with Crippen LogP contribution in [0.5, 0.6) is 0 Å². The lowest BCUT2D eigenvalue weighted by atomic mass is 10.3. The van der Waals surface area contributed by atoms with Gasteiger partial charge < -0.3 is 9.63 Å². The average Bonchev–Trinajstić information content (AvgIpc) is 3.09. The number of hydrogen-bond donors (Lipinski definition) is 1. The molecule has 0 atom stereocenters. The van der Waals surface area contributed by atoms with Gasteiger partial charge in [-0.2, -0.15) is 4.98 Å². The molecule has 3 aromatic heterocycles. The van der Waals surface area contributed by atoms with Gasteiger partial charge in [0.2, 0.25) is 11.7 Å². The Balaban J connectivity index is 1.73. The number of carbonyl (C=O) groups is 1. The van der Waals surface area contributed by atoms with Gasteiger partial charge in [0.05, 0.1) is 12.1 Å². The number of hydrogen-bond acceptors (Lipinski definition) is 7. The fourth-order valence-corrected chi connectivity index (χ4v) is 1.71. The SMILES string of the molecule is O=C(O)Cc1cn(Cc2nc(-c3ccccn3)no2)nn1. The van der Waals surface area contributed by atoms with Gasteiger partial charge in [0.15, 0.2) is 0 Å². The maximum absolute atomic E-state index is 10.6. The first kappa shape index (κ1) is 12.9. The van der Waals surface area contributed by atoms with Gasteiger partial charge in [0, 0.05) is 12.4 Å². The first-order chi connectivity index (χ1) is 10.2. The Morgan fingerprint density at radius 2 is 2.29 bits per heavy atom. The van der Waals surface area contributed by atoms with Gasteiger partial charge in [0.25, 0.3) is 0 Å². The molecule has 0 bridgehead atoms. The van der Waals surface area contributed by atoms with E-state index >= 15 is 0 Å². The Kier molecular flexibility index (Phi) is 3.37. The van der Waals surface area contributed by atoms with E-state index in [1.54, 1.807) is 18.3 Å². The summed E-state index contributed by atoms with van der Waals surface area (Å²) < 4.78 is 6.55. The van der Waals surface area contributed by atoms with Crippen LogP contribution >= 0.6 is 0 Å². The molecule has 0 radical (unpaired) electrons. The molecule has 0 aliphatic carbocycles. The normalized spacial score (nSPS) is 10.7. The summed E-state index contributed by atoms with van der Waals surface area (Å²) in [6.07, 6.45) is 2.99. The second-order valence-electron chi connectivity index (χ2n) is 4.20. The molecule has 3 aromatic rings. The Bertz CT molecular complexity index is 751. The zero-order chi connectivity index (χ0) is 14.7. The maximum Gasteiger partial charge on any atom is 0.309 e. The van der Waals surface area contributed by atoms with Gasteiger partial charge in [-0.15, -0.1) is 5.10 Å². The van der Waals surface area contributed by atoms with Crippen molar-refractivity contribution in [3.63, 3.8) is 0 Å². The van der Waals surface area contributed by atoms with Crippen LogP contribution < -0.4 is 0 Å².